The highest BCUT2D eigenvalue weighted by Crippen LogP contribution is 2.46. The maximum Gasteiger partial charge on any atom is -0.00460 e. The van der Waals surface area contributed by atoms with Gasteiger partial charge in [0.2, 0.25) is 0 Å². The van der Waals surface area contributed by atoms with Crippen molar-refractivity contribution < 1.29 is 0 Å². The van der Waals surface area contributed by atoms with E-state index in [-0.39, 0.29) is 0 Å². The molecule has 1 nitrogen and oxygen atoms in total. The number of rotatable bonds is 5. The molecule has 1 atom stereocenters. The van der Waals surface area contributed by atoms with Gasteiger partial charge in [-0.05, 0) is 100 Å². The van der Waals surface area contributed by atoms with E-state index >= 15 is 0 Å². The van der Waals surface area contributed by atoms with Crippen LogP contribution in [0.3, 0.4) is 0 Å². The monoisotopic (exact) mass is 245 g/mol. The molecular formula is C17H27N. The zero-order valence-corrected chi connectivity index (χ0v) is 12.6. The van der Waals surface area contributed by atoms with E-state index in [2.05, 4.69) is 46.1 Å². The third kappa shape index (κ3) is 2.61. The first-order chi connectivity index (χ1) is 8.56. The molecule has 0 bridgehead atoms. The topological polar surface area (TPSA) is 12.0 Å². The lowest BCUT2D eigenvalue weighted by atomic mass is 9.82. The van der Waals surface area contributed by atoms with Crippen molar-refractivity contribution in [3.8, 4) is 0 Å². The number of nitrogens with one attached hydrogen (secondary N) is 1. The fraction of sp³-hybridized carbons (Fsp3) is 0.647. The zero-order chi connectivity index (χ0) is 13.3. The van der Waals surface area contributed by atoms with E-state index in [4.69, 9.17) is 0 Å². The second kappa shape index (κ2) is 5.44. The fourth-order valence-corrected chi connectivity index (χ4v) is 3.22. The van der Waals surface area contributed by atoms with Gasteiger partial charge in [-0.15, -0.1) is 0 Å². The summed E-state index contributed by atoms with van der Waals surface area (Å²) in [5, 5.41) is 3.32. The highest BCUT2D eigenvalue weighted by atomic mass is 14.8. The van der Waals surface area contributed by atoms with Gasteiger partial charge < -0.3 is 5.32 Å². The molecule has 0 amide bonds. The summed E-state index contributed by atoms with van der Waals surface area (Å²) in [5.41, 5.74) is 7.65. The molecule has 0 aromatic heterocycles. The Kier molecular flexibility index (Phi) is 4.11. The van der Waals surface area contributed by atoms with Gasteiger partial charge in [-0.1, -0.05) is 6.07 Å². The third-order valence-corrected chi connectivity index (χ3v) is 4.69. The lowest BCUT2D eigenvalue weighted by molar-refractivity contribution is 0.535. The molecule has 0 spiro atoms. The first kappa shape index (κ1) is 13.6. The van der Waals surface area contributed by atoms with Gasteiger partial charge in [0.25, 0.3) is 0 Å². The predicted octanol–water partition coefficient (Wildman–Crippen LogP) is 4.02. The van der Waals surface area contributed by atoms with Crippen molar-refractivity contribution in [3.05, 3.63) is 33.9 Å². The van der Waals surface area contributed by atoms with Gasteiger partial charge in [-0.3, -0.25) is 0 Å². The minimum atomic E-state index is 0.774. The number of hydrogen-bond acceptors (Lipinski definition) is 1. The van der Waals surface area contributed by atoms with Crippen LogP contribution in [-0.2, 0) is 0 Å². The first-order valence-electron chi connectivity index (χ1n) is 7.28. The minimum Gasteiger partial charge on any atom is -0.320 e. The van der Waals surface area contributed by atoms with Crippen LogP contribution in [0.15, 0.2) is 6.07 Å². The molecule has 1 aliphatic rings. The van der Waals surface area contributed by atoms with E-state index in [0.717, 1.165) is 18.4 Å². The fourth-order valence-electron chi connectivity index (χ4n) is 3.22. The molecule has 1 saturated carbocycles. The Morgan fingerprint density at radius 3 is 2.11 bits per heavy atom. The van der Waals surface area contributed by atoms with E-state index in [1.807, 2.05) is 0 Å². The van der Waals surface area contributed by atoms with Crippen LogP contribution in [0, 0.1) is 33.6 Å². The van der Waals surface area contributed by atoms with E-state index < -0.39 is 0 Å². The van der Waals surface area contributed by atoms with Crippen LogP contribution in [-0.4, -0.2) is 13.6 Å². The standard InChI is InChI=1S/C17H27N/c1-11-10-12(2)14(4)17(13(11)3)16(8-9-18-5)15-6-7-15/h10,15-16,18H,6-9H2,1-5H3. The number of aryl methyl sites for hydroxylation is 2. The molecule has 1 heteroatoms. The molecule has 1 unspecified atom stereocenters. The van der Waals surface area contributed by atoms with Gasteiger partial charge in [0.15, 0.2) is 0 Å². The second-order valence-corrected chi connectivity index (χ2v) is 6.01. The van der Waals surface area contributed by atoms with Crippen molar-refractivity contribution in [3.63, 3.8) is 0 Å². The first-order valence-corrected chi connectivity index (χ1v) is 7.28. The van der Waals surface area contributed by atoms with Gasteiger partial charge in [0, 0.05) is 0 Å². The maximum absolute atomic E-state index is 3.32. The van der Waals surface area contributed by atoms with Crippen molar-refractivity contribution in [1.29, 1.82) is 0 Å². The summed E-state index contributed by atoms with van der Waals surface area (Å²) in [6, 6.07) is 2.34. The summed E-state index contributed by atoms with van der Waals surface area (Å²) >= 11 is 0. The largest absolute Gasteiger partial charge is 0.320 e. The molecule has 1 N–H and O–H groups in total. The van der Waals surface area contributed by atoms with Crippen LogP contribution >= 0.6 is 0 Å². The average molecular weight is 245 g/mol. The van der Waals surface area contributed by atoms with Crippen LogP contribution in [0.2, 0.25) is 0 Å². The highest BCUT2D eigenvalue weighted by Gasteiger charge is 2.33. The van der Waals surface area contributed by atoms with E-state index in [0.29, 0.717) is 0 Å². The molecule has 100 valence electrons. The lowest BCUT2D eigenvalue weighted by Gasteiger charge is -2.24. The van der Waals surface area contributed by atoms with Crippen LogP contribution in [0.5, 0.6) is 0 Å². The molecule has 0 radical (unpaired) electrons. The average Bonchev–Trinajstić information content (AvgIpc) is 3.15. The second-order valence-electron chi connectivity index (χ2n) is 6.01. The van der Waals surface area contributed by atoms with E-state index in [1.54, 1.807) is 5.56 Å². The highest BCUT2D eigenvalue weighted by molar-refractivity contribution is 5.46. The molecule has 18 heavy (non-hydrogen) atoms. The molecule has 1 aromatic carbocycles. The molecule has 0 aliphatic heterocycles. The van der Waals surface area contributed by atoms with E-state index in [9.17, 15) is 0 Å². The van der Waals surface area contributed by atoms with Crippen molar-refractivity contribution in [2.45, 2.75) is 52.9 Å². The smallest absolute Gasteiger partial charge is 0.00460 e. The Labute approximate surface area is 112 Å². The van der Waals surface area contributed by atoms with Crippen molar-refractivity contribution >= 4 is 0 Å². The van der Waals surface area contributed by atoms with Gasteiger partial charge in [0.05, 0.1) is 0 Å². The minimum absolute atomic E-state index is 0.774. The third-order valence-electron chi connectivity index (χ3n) is 4.69. The normalized spacial score (nSPS) is 16.9. The molecule has 0 saturated heterocycles. The predicted molar refractivity (Wildman–Crippen MR) is 79.4 cm³/mol. The van der Waals surface area contributed by atoms with Crippen molar-refractivity contribution in [1.82, 2.24) is 5.32 Å². The summed E-state index contributed by atoms with van der Waals surface area (Å²) in [5.74, 6) is 1.72. The van der Waals surface area contributed by atoms with Crippen LogP contribution < -0.4 is 5.32 Å². The number of benzene rings is 1. The molecule has 1 aromatic rings. The number of hydrogen-bond donors (Lipinski definition) is 1. The summed E-state index contributed by atoms with van der Waals surface area (Å²) in [6.45, 7) is 10.3. The summed E-state index contributed by atoms with van der Waals surface area (Å²) < 4.78 is 0. The van der Waals surface area contributed by atoms with Crippen LogP contribution in [0.4, 0.5) is 0 Å². The molecule has 0 heterocycles. The molecule has 1 fully saturated rings. The SMILES string of the molecule is CNCCC(c1c(C)c(C)cc(C)c1C)C1CC1. The molecule has 2 rings (SSSR count). The van der Waals surface area contributed by atoms with E-state index in [1.165, 1.54) is 41.5 Å². The van der Waals surface area contributed by atoms with Gasteiger partial charge >= 0.3 is 0 Å². The Morgan fingerprint density at radius 1 is 1.11 bits per heavy atom. The molecule has 1 aliphatic carbocycles. The quantitative estimate of drug-likeness (QED) is 0.826. The van der Waals surface area contributed by atoms with Crippen molar-refractivity contribution in [2.75, 3.05) is 13.6 Å². The Morgan fingerprint density at radius 2 is 1.67 bits per heavy atom. The summed E-state index contributed by atoms with van der Waals surface area (Å²) in [4.78, 5) is 0. The van der Waals surface area contributed by atoms with Crippen LogP contribution in [0.1, 0.15) is 53.0 Å². The maximum atomic E-state index is 3.32. The Balaban J connectivity index is 2.39. The van der Waals surface area contributed by atoms with Gasteiger partial charge in [-0.2, -0.15) is 0 Å². The Bertz CT molecular complexity index is 403. The van der Waals surface area contributed by atoms with Gasteiger partial charge in [-0.25, -0.2) is 0 Å². The van der Waals surface area contributed by atoms with Gasteiger partial charge in [0.1, 0.15) is 0 Å². The summed E-state index contributed by atoms with van der Waals surface area (Å²) in [6.07, 6.45) is 4.15. The van der Waals surface area contributed by atoms with Crippen LogP contribution in [0.25, 0.3) is 0 Å². The lowest BCUT2D eigenvalue weighted by Crippen LogP contribution is -2.16. The van der Waals surface area contributed by atoms with Crippen molar-refractivity contribution in [2.24, 2.45) is 5.92 Å². The molecular weight excluding hydrogens is 218 g/mol. The Hall–Kier alpha value is -0.820. The zero-order valence-electron chi connectivity index (χ0n) is 12.6. The summed E-state index contributed by atoms with van der Waals surface area (Å²) in [7, 11) is 2.06.